The minimum Gasteiger partial charge on any atom is -0.396 e. The zero-order valence-corrected chi connectivity index (χ0v) is 14.2. The fraction of sp³-hybridized carbons (Fsp3) is 0.211. The van der Waals surface area contributed by atoms with Crippen LogP contribution in [0.5, 0.6) is 0 Å². The molecule has 3 aromatic rings. The standard InChI is InChI=1S/C19H20N6O/c20-16-7-8-17(25-10-4-9-21-25)22-18(16)23-19(26)15-12-24(13-15)11-14-5-2-1-3-6-14/h1-10,15H,11-13,20H2,(H,22,23,26). The summed E-state index contributed by atoms with van der Waals surface area (Å²) in [4.78, 5) is 19.1. The third kappa shape index (κ3) is 3.43. The number of rotatable bonds is 5. The highest BCUT2D eigenvalue weighted by Crippen LogP contribution is 2.23. The van der Waals surface area contributed by atoms with Crippen LogP contribution in [0.4, 0.5) is 11.5 Å². The molecule has 26 heavy (non-hydrogen) atoms. The number of pyridine rings is 1. The molecule has 0 bridgehead atoms. The predicted molar refractivity (Wildman–Crippen MR) is 99.6 cm³/mol. The van der Waals surface area contributed by atoms with E-state index in [1.807, 2.05) is 24.3 Å². The van der Waals surface area contributed by atoms with E-state index >= 15 is 0 Å². The Morgan fingerprint density at radius 2 is 1.96 bits per heavy atom. The van der Waals surface area contributed by atoms with Gasteiger partial charge in [0.25, 0.3) is 0 Å². The van der Waals surface area contributed by atoms with E-state index in [0.717, 1.165) is 19.6 Å². The molecule has 132 valence electrons. The summed E-state index contributed by atoms with van der Waals surface area (Å²) < 4.78 is 1.63. The molecule has 0 spiro atoms. The number of benzene rings is 1. The maximum atomic E-state index is 12.5. The van der Waals surface area contributed by atoms with Crippen molar-refractivity contribution in [1.82, 2.24) is 19.7 Å². The molecule has 1 saturated heterocycles. The number of aromatic nitrogens is 3. The average Bonchev–Trinajstić information content (AvgIpc) is 3.15. The molecule has 3 N–H and O–H groups in total. The van der Waals surface area contributed by atoms with Crippen LogP contribution in [0.15, 0.2) is 60.9 Å². The topological polar surface area (TPSA) is 89.1 Å². The zero-order valence-electron chi connectivity index (χ0n) is 14.2. The molecule has 0 radical (unpaired) electrons. The van der Waals surface area contributed by atoms with Gasteiger partial charge in [-0.2, -0.15) is 5.10 Å². The van der Waals surface area contributed by atoms with Crippen molar-refractivity contribution in [1.29, 1.82) is 0 Å². The molecule has 7 nitrogen and oxygen atoms in total. The summed E-state index contributed by atoms with van der Waals surface area (Å²) in [6.07, 6.45) is 3.46. The summed E-state index contributed by atoms with van der Waals surface area (Å²) >= 11 is 0. The second kappa shape index (κ2) is 6.97. The van der Waals surface area contributed by atoms with Crippen molar-refractivity contribution in [2.75, 3.05) is 24.1 Å². The minimum absolute atomic E-state index is 0.0479. The van der Waals surface area contributed by atoms with E-state index in [1.165, 1.54) is 5.56 Å². The maximum Gasteiger partial charge on any atom is 0.231 e. The van der Waals surface area contributed by atoms with Gasteiger partial charge in [0.15, 0.2) is 11.6 Å². The molecular weight excluding hydrogens is 328 g/mol. The number of amides is 1. The summed E-state index contributed by atoms with van der Waals surface area (Å²) in [5, 5.41) is 7.00. The molecule has 7 heteroatoms. The average molecular weight is 348 g/mol. The monoisotopic (exact) mass is 348 g/mol. The lowest BCUT2D eigenvalue weighted by Gasteiger charge is -2.38. The first-order valence-corrected chi connectivity index (χ1v) is 8.53. The highest BCUT2D eigenvalue weighted by Gasteiger charge is 2.32. The van der Waals surface area contributed by atoms with E-state index < -0.39 is 0 Å². The van der Waals surface area contributed by atoms with Crippen LogP contribution in [0.25, 0.3) is 5.82 Å². The number of likely N-dealkylation sites (tertiary alicyclic amines) is 1. The zero-order chi connectivity index (χ0) is 17.9. The highest BCUT2D eigenvalue weighted by molar-refractivity contribution is 5.95. The summed E-state index contributed by atoms with van der Waals surface area (Å²) in [5.74, 6) is 0.891. The molecule has 1 fully saturated rings. The second-order valence-electron chi connectivity index (χ2n) is 6.42. The van der Waals surface area contributed by atoms with E-state index in [-0.39, 0.29) is 11.8 Å². The van der Waals surface area contributed by atoms with Crippen molar-refractivity contribution < 1.29 is 4.79 Å². The highest BCUT2D eigenvalue weighted by atomic mass is 16.2. The van der Waals surface area contributed by atoms with E-state index in [0.29, 0.717) is 17.3 Å². The van der Waals surface area contributed by atoms with Crippen molar-refractivity contribution in [3.63, 3.8) is 0 Å². The largest absolute Gasteiger partial charge is 0.396 e. The molecule has 0 saturated carbocycles. The Bertz CT molecular complexity index is 888. The first-order valence-electron chi connectivity index (χ1n) is 8.53. The molecule has 0 aliphatic carbocycles. The Balaban J connectivity index is 1.36. The molecule has 3 heterocycles. The lowest BCUT2D eigenvalue weighted by molar-refractivity contribution is -0.125. The van der Waals surface area contributed by atoms with Crippen LogP contribution in [-0.4, -0.2) is 38.7 Å². The molecule has 1 aliphatic rings. The molecule has 0 unspecified atom stereocenters. The normalized spacial score (nSPS) is 14.8. The smallest absolute Gasteiger partial charge is 0.231 e. The summed E-state index contributed by atoms with van der Waals surface area (Å²) in [5.41, 5.74) is 7.66. The van der Waals surface area contributed by atoms with Crippen LogP contribution in [0.1, 0.15) is 5.56 Å². The second-order valence-corrected chi connectivity index (χ2v) is 6.42. The van der Waals surface area contributed by atoms with Gasteiger partial charge in [0.1, 0.15) is 0 Å². The number of hydrogen-bond donors (Lipinski definition) is 2. The van der Waals surface area contributed by atoms with Gasteiger partial charge in [0.2, 0.25) is 5.91 Å². The van der Waals surface area contributed by atoms with Crippen molar-refractivity contribution in [2.24, 2.45) is 5.92 Å². The van der Waals surface area contributed by atoms with E-state index in [2.05, 4.69) is 32.4 Å². The Morgan fingerprint density at radius 1 is 1.15 bits per heavy atom. The van der Waals surface area contributed by atoms with Gasteiger partial charge in [-0.05, 0) is 23.8 Å². The van der Waals surface area contributed by atoms with Crippen LogP contribution in [0.3, 0.4) is 0 Å². The Hall–Kier alpha value is -3.19. The Kier molecular flexibility index (Phi) is 4.37. The number of nitrogens with two attached hydrogens (primary N) is 1. The molecule has 2 aromatic heterocycles. The number of hydrogen-bond acceptors (Lipinski definition) is 5. The van der Waals surface area contributed by atoms with Gasteiger partial charge in [0.05, 0.1) is 11.6 Å². The number of carbonyl (C=O) groups is 1. The van der Waals surface area contributed by atoms with Crippen LogP contribution >= 0.6 is 0 Å². The summed E-state index contributed by atoms with van der Waals surface area (Å²) in [7, 11) is 0. The van der Waals surface area contributed by atoms with Gasteiger partial charge < -0.3 is 11.1 Å². The molecule has 0 atom stereocenters. The summed E-state index contributed by atoms with van der Waals surface area (Å²) in [6, 6.07) is 15.6. The maximum absolute atomic E-state index is 12.5. The van der Waals surface area contributed by atoms with Crippen LogP contribution in [0.2, 0.25) is 0 Å². The van der Waals surface area contributed by atoms with E-state index in [1.54, 1.807) is 29.2 Å². The van der Waals surface area contributed by atoms with Crippen molar-refractivity contribution in [2.45, 2.75) is 6.54 Å². The molecular formula is C19H20N6O. The molecule has 4 rings (SSSR count). The van der Waals surface area contributed by atoms with Crippen LogP contribution in [0, 0.1) is 5.92 Å². The van der Waals surface area contributed by atoms with Gasteiger partial charge in [-0.1, -0.05) is 30.3 Å². The third-order valence-electron chi connectivity index (χ3n) is 4.47. The van der Waals surface area contributed by atoms with Gasteiger partial charge in [-0.25, -0.2) is 9.67 Å². The number of nitrogens with one attached hydrogen (secondary N) is 1. The number of nitrogen functional groups attached to an aromatic ring is 1. The quantitative estimate of drug-likeness (QED) is 0.735. The lowest BCUT2D eigenvalue weighted by atomic mass is 9.98. The first kappa shape index (κ1) is 16.3. The molecule has 1 aromatic carbocycles. The van der Waals surface area contributed by atoms with Crippen molar-refractivity contribution >= 4 is 17.4 Å². The van der Waals surface area contributed by atoms with Gasteiger partial charge in [-0.15, -0.1) is 0 Å². The Labute approximate surface area is 151 Å². The molecule has 1 amide bonds. The van der Waals surface area contributed by atoms with Gasteiger partial charge in [0, 0.05) is 32.0 Å². The van der Waals surface area contributed by atoms with E-state index in [4.69, 9.17) is 5.73 Å². The number of carbonyl (C=O) groups excluding carboxylic acids is 1. The van der Waals surface area contributed by atoms with Gasteiger partial charge >= 0.3 is 0 Å². The predicted octanol–water partition coefficient (Wildman–Crippen LogP) is 1.92. The SMILES string of the molecule is Nc1ccc(-n2cccn2)nc1NC(=O)C1CN(Cc2ccccc2)C1. The fourth-order valence-electron chi connectivity index (χ4n) is 3.02. The van der Waals surface area contributed by atoms with E-state index in [9.17, 15) is 4.79 Å². The molecule has 1 aliphatic heterocycles. The minimum atomic E-state index is -0.0499. The third-order valence-corrected chi connectivity index (χ3v) is 4.47. The lowest BCUT2D eigenvalue weighted by Crippen LogP contribution is -2.51. The Morgan fingerprint density at radius 3 is 2.69 bits per heavy atom. The summed E-state index contributed by atoms with van der Waals surface area (Å²) in [6.45, 7) is 2.33. The van der Waals surface area contributed by atoms with Crippen molar-refractivity contribution in [3.8, 4) is 5.82 Å². The van der Waals surface area contributed by atoms with Gasteiger partial charge in [-0.3, -0.25) is 9.69 Å². The first-order chi connectivity index (χ1) is 12.7. The van der Waals surface area contributed by atoms with Crippen LogP contribution < -0.4 is 11.1 Å². The van der Waals surface area contributed by atoms with Crippen molar-refractivity contribution in [3.05, 3.63) is 66.5 Å². The number of nitrogens with zero attached hydrogens (tertiary/aromatic N) is 4. The van der Waals surface area contributed by atoms with Crippen LogP contribution in [-0.2, 0) is 11.3 Å². The fourth-order valence-corrected chi connectivity index (χ4v) is 3.02. The number of anilines is 2.